The van der Waals surface area contributed by atoms with Gasteiger partial charge in [-0.1, -0.05) is 6.92 Å². The number of likely N-dealkylation sites (tertiary alicyclic amines) is 1. The predicted octanol–water partition coefficient (Wildman–Crippen LogP) is 2.48. The Bertz CT molecular complexity index is 507. The fourth-order valence-electron chi connectivity index (χ4n) is 2.92. The maximum atomic E-state index is 13.5. The smallest absolute Gasteiger partial charge is 0.223 e. The molecule has 2 unspecified atom stereocenters. The second-order valence-electron chi connectivity index (χ2n) is 5.84. The topological polar surface area (TPSA) is 46.3 Å². The summed E-state index contributed by atoms with van der Waals surface area (Å²) in [6, 6.07) is 3.40. The van der Waals surface area contributed by atoms with Crippen molar-refractivity contribution in [3.05, 3.63) is 35.4 Å². The molecule has 0 bridgehead atoms. The molecule has 2 atom stereocenters. The molecule has 2 rings (SSSR count). The first kappa shape index (κ1) is 15.9. The van der Waals surface area contributed by atoms with Gasteiger partial charge >= 0.3 is 0 Å². The number of nitrogens with two attached hydrogens (primary N) is 1. The first-order chi connectivity index (χ1) is 10.0. The number of aryl methyl sites for hydroxylation is 1. The monoisotopic (exact) mass is 296 g/mol. The molecular formula is C16H22F2N2O. The normalized spacial score (nSPS) is 22.4. The second kappa shape index (κ2) is 6.98. The van der Waals surface area contributed by atoms with E-state index in [2.05, 4.69) is 6.92 Å². The van der Waals surface area contributed by atoms with Crippen LogP contribution in [0.1, 0.15) is 31.7 Å². The number of piperidine rings is 1. The highest BCUT2D eigenvalue weighted by Crippen LogP contribution is 2.23. The molecule has 1 heterocycles. The molecule has 0 aromatic heterocycles. The summed E-state index contributed by atoms with van der Waals surface area (Å²) in [5.74, 6) is -0.401. The van der Waals surface area contributed by atoms with Gasteiger partial charge in [-0.05, 0) is 48.9 Å². The Balaban J connectivity index is 1.96. The number of amides is 1. The van der Waals surface area contributed by atoms with E-state index in [1.165, 1.54) is 0 Å². The van der Waals surface area contributed by atoms with Crippen LogP contribution in [0.15, 0.2) is 18.2 Å². The van der Waals surface area contributed by atoms with Gasteiger partial charge in [0.15, 0.2) is 0 Å². The maximum absolute atomic E-state index is 13.5. The van der Waals surface area contributed by atoms with Crippen molar-refractivity contribution in [1.29, 1.82) is 0 Å². The third-order valence-electron chi connectivity index (χ3n) is 4.19. The van der Waals surface area contributed by atoms with Crippen LogP contribution in [0.3, 0.4) is 0 Å². The summed E-state index contributed by atoms with van der Waals surface area (Å²) in [7, 11) is 0. The zero-order valence-corrected chi connectivity index (χ0v) is 12.3. The van der Waals surface area contributed by atoms with Gasteiger partial charge in [0.1, 0.15) is 11.6 Å². The number of carbonyl (C=O) groups excluding carboxylic acids is 1. The Kier molecular flexibility index (Phi) is 5.28. The summed E-state index contributed by atoms with van der Waals surface area (Å²) in [5, 5.41) is 0. The molecule has 1 saturated heterocycles. The Morgan fingerprint density at radius 3 is 2.90 bits per heavy atom. The molecule has 2 N–H and O–H groups in total. The number of benzene rings is 1. The highest BCUT2D eigenvalue weighted by atomic mass is 19.1. The fraction of sp³-hybridized carbons (Fsp3) is 0.562. The Morgan fingerprint density at radius 2 is 2.19 bits per heavy atom. The quantitative estimate of drug-likeness (QED) is 0.928. The van der Waals surface area contributed by atoms with Crippen LogP contribution in [0.5, 0.6) is 0 Å². The molecule has 0 radical (unpaired) electrons. The third kappa shape index (κ3) is 4.00. The molecule has 1 amide bonds. The number of hydrogen-bond donors (Lipinski definition) is 1. The van der Waals surface area contributed by atoms with Gasteiger partial charge in [-0.3, -0.25) is 4.79 Å². The molecule has 116 valence electrons. The molecule has 1 aliphatic heterocycles. The molecule has 0 aliphatic carbocycles. The van der Waals surface area contributed by atoms with Gasteiger partial charge in [-0.2, -0.15) is 0 Å². The number of halogens is 2. The molecule has 1 aromatic rings. The zero-order chi connectivity index (χ0) is 15.4. The summed E-state index contributed by atoms with van der Waals surface area (Å²) in [6.07, 6.45) is 2.28. The van der Waals surface area contributed by atoms with Crippen molar-refractivity contribution >= 4 is 5.91 Å². The minimum absolute atomic E-state index is 0.0268. The van der Waals surface area contributed by atoms with Crippen molar-refractivity contribution in [2.24, 2.45) is 11.7 Å². The first-order valence-corrected chi connectivity index (χ1v) is 7.44. The highest BCUT2D eigenvalue weighted by molar-refractivity contribution is 5.77. The van der Waals surface area contributed by atoms with Crippen molar-refractivity contribution < 1.29 is 13.6 Å². The van der Waals surface area contributed by atoms with Gasteiger partial charge in [0.2, 0.25) is 5.91 Å². The van der Waals surface area contributed by atoms with Crippen molar-refractivity contribution in [1.82, 2.24) is 4.90 Å². The summed E-state index contributed by atoms with van der Waals surface area (Å²) >= 11 is 0. The molecule has 1 aromatic carbocycles. The van der Waals surface area contributed by atoms with E-state index in [0.717, 1.165) is 31.0 Å². The minimum Gasteiger partial charge on any atom is -0.338 e. The minimum atomic E-state index is -0.481. The Morgan fingerprint density at radius 1 is 1.43 bits per heavy atom. The average Bonchev–Trinajstić information content (AvgIpc) is 2.47. The van der Waals surface area contributed by atoms with Crippen molar-refractivity contribution in [2.45, 2.75) is 38.6 Å². The number of nitrogens with zero attached hydrogens (tertiary/aromatic N) is 1. The summed E-state index contributed by atoms with van der Waals surface area (Å²) < 4.78 is 26.7. The van der Waals surface area contributed by atoms with Gasteiger partial charge in [0.25, 0.3) is 0 Å². The van der Waals surface area contributed by atoms with Crippen molar-refractivity contribution in [2.75, 3.05) is 13.1 Å². The van der Waals surface area contributed by atoms with Gasteiger partial charge in [0.05, 0.1) is 0 Å². The molecule has 1 fully saturated rings. The van der Waals surface area contributed by atoms with E-state index in [0.29, 0.717) is 19.0 Å². The third-order valence-corrected chi connectivity index (χ3v) is 4.19. The Hall–Kier alpha value is -1.49. The van der Waals surface area contributed by atoms with Crippen LogP contribution in [0, 0.1) is 17.6 Å². The number of carbonyl (C=O) groups is 1. The van der Waals surface area contributed by atoms with Crippen molar-refractivity contribution in [3.63, 3.8) is 0 Å². The zero-order valence-electron chi connectivity index (χ0n) is 12.3. The van der Waals surface area contributed by atoms with Crippen LogP contribution >= 0.6 is 0 Å². The molecular weight excluding hydrogens is 274 g/mol. The van der Waals surface area contributed by atoms with Gasteiger partial charge < -0.3 is 10.6 Å². The molecule has 1 aliphatic rings. The van der Waals surface area contributed by atoms with Crippen LogP contribution in [0.25, 0.3) is 0 Å². The van der Waals surface area contributed by atoms with Crippen LogP contribution < -0.4 is 5.73 Å². The summed E-state index contributed by atoms with van der Waals surface area (Å²) in [6.45, 7) is 3.31. The van der Waals surface area contributed by atoms with E-state index >= 15 is 0 Å². The van der Waals surface area contributed by atoms with Crippen LogP contribution in [-0.2, 0) is 11.2 Å². The van der Waals surface area contributed by atoms with Crippen LogP contribution in [0.4, 0.5) is 8.78 Å². The van der Waals surface area contributed by atoms with Crippen LogP contribution in [-0.4, -0.2) is 29.9 Å². The number of rotatable bonds is 4. The summed E-state index contributed by atoms with van der Waals surface area (Å²) in [4.78, 5) is 14.1. The summed E-state index contributed by atoms with van der Waals surface area (Å²) in [5.41, 5.74) is 5.99. The molecule has 21 heavy (non-hydrogen) atoms. The number of hydrogen-bond acceptors (Lipinski definition) is 2. The van der Waals surface area contributed by atoms with E-state index < -0.39 is 11.6 Å². The molecule has 3 nitrogen and oxygen atoms in total. The molecule has 5 heteroatoms. The molecule has 0 saturated carbocycles. The van der Waals surface area contributed by atoms with E-state index in [1.54, 1.807) is 4.90 Å². The van der Waals surface area contributed by atoms with Gasteiger partial charge in [-0.25, -0.2) is 8.78 Å². The van der Waals surface area contributed by atoms with E-state index in [-0.39, 0.29) is 30.4 Å². The lowest BCUT2D eigenvalue weighted by Crippen LogP contribution is -2.49. The standard InChI is InChI=1S/C16H22F2N2O/c1-11-6-7-20(14(8-11)10-19)16(21)5-2-12-9-13(17)3-4-15(12)18/h3-4,9,11,14H,2,5-8,10,19H2,1H3. The van der Waals surface area contributed by atoms with E-state index in [1.807, 2.05) is 0 Å². The van der Waals surface area contributed by atoms with Crippen LogP contribution in [0.2, 0.25) is 0 Å². The van der Waals surface area contributed by atoms with Crippen molar-refractivity contribution in [3.8, 4) is 0 Å². The maximum Gasteiger partial charge on any atom is 0.223 e. The predicted molar refractivity (Wildman–Crippen MR) is 77.6 cm³/mol. The highest BCUT2D eigenvalue weighted by Gasteiger charge is 2.28. The van der Waals surface area contributed by atoms with E-state index in [4.69, 9.17) is 5.73 Å². The fourth-order valence-corrected chi connectivity index (χ4v) is 2.92. The van der Waals surface area contributed by atoms with Gasteiger partial charge in [-0.15, -0.1) is 0 Å². The second-order valence-corrected chi connectivity index (χ2v) is 5.84. The first-order valence-electron chi connectivity index (χ1n) is 7.44. The SMILES string of the molecule is CC1CCN(C(=O)CCc2cc(F)ccc2F)C(CN)C1. The lowest BCUT2D eigenvalue weighted by Gasteiger charge is -2.38. The van der Waals surface area contributed by atoms with E-state index in [9.17, 15) is 13.6 Å². The Labute approximate surface area is 124 Å². The van der Waals surface area contributed by atoms with Gasteiger partial charge in [0, 0.05) is 25.6 Å². The lowest BCUT2D eigenvalue weighted by molar-refractivity contribution is -0.135. The lowest BCUT2D eigenvalue weighted by atomic mass is 9.92. The molecule has 0 spiro atoms. The largest absolute Gasteiger partial charge is 0.338 e. The average molecular weight is 296 g/mol.